The predicted octanol–water partition coefficient (Wildman–Crippen LogP) is 39.2. The van der Waals surface area contributed by atoms with E-state index in [1.165, 1.54) is 186 Å². The summed E-state index contributed by atoms with van der Waals surface area (Å²) in [5.41, 5.74) is 29.4. The summed E-state index contributed by atoms with van der Waals surface area (Å²) in [7, 11) is 0. The van der Waals surface area contributed by atoms with Crippen molar-refractivity contribution in [2.24, 2.45) is 0 Å². The van der Waals surface area contributed by atoms with Crippen LogP contribution in [0.3, 0.4) is 0 Å². The monoisotopic (exact) mass is 1790 g/mol. The van der Waals surface area contributed by atoms with E-state index in [-0.39, 0.29) is 0 Å². The molecule has 0 heterocycles. The number of hydrogen-bond donors (Lipinski definition) is 0. The number of hydrogen-bond acceptors (Lipinski definition) is 3. The largest absolute Gasteiger partial charge is 0.310 e. The molecule has 26 aromatic rings. The normalized spacial score (nSPS) is 11.3. The molecule has 3 heteroatoms. The fraction of sp³-hybridized carbons (Fsp3) is 0. The molecule has 3 nitrogen and oxygen atoms in total. The fourth-order valence-electron chi connectivity index (χ4n) is 20.7. The van der Waals surface area contributed by atoms with E-state index >= 15 is 0 Å². The minimum atomic E-state index is 1.11. The summed E-state index contributed by atoms with van der Waals surface area (Å²) in [5, 5.41) is 22.4. The van der Waals surface area contributed by atoms with Crippen molar-refractivity contribution in [3.63, 3.8) is 0 Å². The minimum Gasteiger partial charge on any atom is -0.310 e. The molecule has 0 bridgehead atoms. The van der Waals surface area contributed by atoms with E-state index in [9.17, 15) is 0 Å². The molecule has 0 spiro atoms. The van der Waals surface area contributed by atoms with Crippen LogP contribution >= 0.6 is 0 Å². The molecule has 0 aliphatic carbocycles. The van der Waals surface area contributed by atoms with E-state index < -0.39 is 0 Å². The second-order valence-corrected chi connectivity index (χ2v) is 36.2. The van der Waals surface area contributed by atoms with Crippen LogP contribution in [0.2, 0.25) is 0 Å². The molecule has 0 saturated heterocycles. The third kappa shape index (κ3) is 17.2. The maximum atomic E-state index is 2.46. The van der Waals surface area contributed by atoms with Crippen molar-refractivity contribution >= 4 is 148 Å². The lowest BCUT2D eigenvalue weighted by atomic mass is 9.94. The van der Waals surface area contributed by atoms with Crippen LogP contribution in [-0.2, 0) is 0 Å². The second kappa shape index (κ2) is 38.3. The molecule has 0 amide bonds. The minimum absolute atomic E-state index is 1.11. The number of nitrogens with zero attached hydrogens (tertiary/aromatic N) is 3. The molecule has 26 aromatic carbocycles. The Morgan fingerprint density at radius 2 is 0.333 bits per heavy atom. The van der Waals surface area contributed by atoms with Gasteiger partial charge >= 0.3 is 0 Å². The first-order valence-corrected chi connectivity index (χ1v) is 48.5. The summed E-state index contributed by atoms with van der Waals surface area (Å²) in [6.45, 7) is 0. The maximum absolute atomic E-state index is 2.46. The van der Waals surface area contributed by atoms with Crippen LogP contribution in [0, 0.1) is 0 Å². The molecule has 0 atom stereocenters. The van der Waals surface area contributed by atoms with Gasteiger partial charge in [0.2, 0.25) is 0 Å². The molecule has 0 aliphatic heterocycles. The van der Waals surface area contributed by atoms with E-state index in [0.717, 1.165) is 51.2 Å². The van der Waals surface area contributed by atoms with Crippen molar-refractivity contribution in [1.82, 2.24) is 0 Å². The van der Waals surface area contributed by atoms with E-state index in [2.05, 4.69) is 591 Å². The van der Waals surface area contributed by atoms with Crippen LogP contribution in [0.25, 0.3) is 186 Å². The molecule has 0 aliphatic rings. The Morgan fingerprint density at radius 3 is 0.730 bits per heavy atom. The van der Waals surface area contributed by atoms with Crippen LogP contribution in [0.1, 0.15) is 0 Å². The van der Waals surface area contributed by atoms with Crippen molar-refractivity contribution in [2.75, 3.05) is 14.7 Å². The molecule has 0 aromatic heterocycles. The van der Waals surface area contributed by atoms with Gasteiger partial charge in [-0.3, -0.25) is 0 Å². The summed E-state index contributed by atoms with van der Waals surface area (Å²) in [6.07, 6.45) is 0. The third-order valence-electron chi connectivity index (χ3n) is 27.7. The third-order valence-corrected chi connectivity index (χ3v) is 27.7. The lowest BCUT2D eigenvalue weighted by molar-refractivity contribution is 1.29. The van der Waals surface area contributed by atoms with E-state index in [1.54, 1.807) is 0 Å². The zero-order valence-electron chi connectivity index (χ0n) is 77.7. The molecular formula is C138H95N3. The summed E-state index contributed by atoms with van der Waals surface area (Å²) < 4.78 is 0. The van der Waals surface area contributed by atoms with Gasteiger partial charge in [-0.25, -0.2) is 0 Å². The Labute approximate surface area is 822 Å². The second-order valence-electron chi connectivity index (χ2n) is 36.2. The van der Waals surface area contributed by atoms with Gasteiger partial charge in [0.05, 0.1) is 17.1 Å². The van der Waals surface area contributed by atoms with Gasteiger partial charge in [-0.1, -0.05) is 467 Å². The number of fused-ring (bicyclic) bond motifs is 12. The zero-order chi connectivity index (χ0) is 93.7. The predicted molar refractivity (Wildman–Crippen MR) is 604 cm³/mol. The standard InChI is InChI=1S/2C48H33N.C42H29N/c1-4-14-34(15-5-1)39-30-40(35-16-6-2-7-17-35)32-42(31-39)49(41-27-26-38-25-24-37-20-10-11-21-43(37)47(38)33-41)48-29-28-44(36-18-8-3-9-19-36)45-22-12-13-23-46(45)48;1-3-11-34(12-4-1)42-26-30-48(47(32-42)37-14-5-2-6-15-37)49(44-29-25-39-21-20-38-16-9-10-18-45(38)46(39)33-44)43-27-23-36(24-28-43)41-22-19-35-13-7-8-17-40(35)31-41;1-3-11-30(12-4-1)31-21-24-35(25-22-31)43(36-26-23-34-20-19-33-15-7-8-16-37(33)41(34)29-36)42-28-27-38(32-13-5-2-6-14-32)39-17-9-10-18-40(39)42/h2*1-33H;1-29H. The Balaban J connectivity index is 0.000000115. The lowest BCUT2D eigenvalue weighted by Crippen LogP contribution is -2.11. The Morgan fingerprint density at radius 1 is 0.0922 bits per heavy atom. The first kappa shape index (κ1) is 85.4. The van der Waals surface area contributed by atoms with Crippen LogP contribution in [0.15, 0.2) is 576 Å². The van der Waals surface area contributed by atoms with E-state index in [4.69, 9.17) is 0 Å². The maximum Gasteiger partial charge on any atom is 0.0540 e. The van der Waals surface area contributed by atoms with Crippen molar-refractivity contribution in [3.8, 4) is 89.0 Å². The summed E-state index contributed by atoms with van der Waals surface area (Å²) >= 11 is 0. The molecule has 0 saturated carbocycles. The van der Waals surface area contributed by atoms with Gasteiger partial charge in [-0.15, -0.1) is 0 Å². The van der Waals surface area contributed by atoms with E-state index in [1.807, 2.05) is 0 Å². The molecule has 141 heavy (non-hydrogen) atoms. The van der Waals surface area contributed by atoms with Crippen molar-refractivity contribution in [1.29, 1.82) is 0 Å². The first-order valence-electron chi connectivity index (χ1n) is 48.5. The number of anilines is 9. The summed E-state index contributed by atoms with van der Waals surface area (Å²) in [4.78, 5) is 7.28. The number of rotatable bonds is 17. The molecule has 662 valence electrons. The zero-order valence-corrected chi connectivity index (χ0v) is 77.7. The highest BCUT2D eigenvalue weighted by molar-refractivity contribution is 6.15. The van der Waals surface area contributed by atoms with Crippen LogP contribution < -0.4 is 14.7 Å². The molecular weight excluding hydrogens is 1700 g/mol. The van der Waals surface area contributed by atoms with Gasteiger partial charge < -0.3 is 14.7 Å². The van der Waals surface area contributed by atoms with Crippen molar-refractivity contribution in [3.05, 3.63) is 576 Å². The van der Waals surface area contributed by atoms with Gasteiger partial charge in [0.25, 0.3) is 0 Å². The van der Waals surface area contributed by atoms with Gasteiger partial charge in [0.1, 0.15) is 0 Å². The van der Waals surface area contributed by atoms with Crippen LogP contribution in [-0.4, -0.2) is 0 Å². The lowest BCUT2D eigenvalue weighted by Gasteiger charge is -2.29. The quantitative estimate of drug-likeness (QED) is 0.0842. The molecule has 0 fully saturated rings. The average molecular weight is 1800 g/mol. The Kier molecular flexibility index (Phi) is 23.2. The molecule has 0 N–H and O–H groups in total. The topological polar surface area (TPSA) is 9.72 Å². The smallest absolute Gasteiger partial charge is 0.0540 e. The Hall–Kier alpha value is -18.5. The van der Waals surface area contributed by atoms with Gasteiger partial charge in [0, 0.05) is 50.5 Å². The highest BCUT2D eigenvalue weighted by atomic mass is 15.2. The Bertz CT molecular complexity index is 9010. The fourth-order valence-corrected chi connectivity index (χ4v) is 20.7. The highest BCUT2D eigenvalue weighted by Gasteiger charge is 2.25. The highest BCUT2D eigenvalue weighted by Crippen LogP contribution is 2.50. The average Bonchev–Trinajstić information content (AvgIpc) is 0.752. The van der Waals surface area contributed by atoms with Crippen LogP contribution in [0.4, 0.5) is 51.2 Å². The van der Waals surface area contributed by atoms with Gasteiger partial charge in [-0.05, 0) is 279 Å². The number of benzene rings is 26. The van der Waals surface area contributed by atoms with Crippen molar-refractivity contribution < 1.29 is 0 Å². The van der Waals surface area contributed by atoms with E-state index in [0.29, 0.717) is 0 Å². The molecule has 26 rings (SSSR count). The molecule has 0 unspecified atom stereocenters. The summed E-state index contributed by atoms with van der Waals surface area (Å²) in [5.74, 6) is 0. The first-order chi connectivity index (χ1) is 69.9. The summed E-state index contributed by atoms with van der Waals surface area (Å²) in [6, 6.07) is 209. The molecule has 0 radical (unpaired) electrons. The van der Waals surface area contributed by atoms with Crippen LogP contribution in [0.5, 0.6) is 0 Å². The van der Waals surface area contributed by atoms with Gasteiger partial charge in [-0.2, -0.15) is 0 Å². The van der Waals surface area contributed by atoms with Gasteiger partial charge in [0.15, 0.2) is 0 Å². The SMILES string of the molecule is c1ccc(-c2cc(-c3ccccc3)cc(N(c3ccc4ccc5ccccc5c4c3)c3ccc(-c4ccccc4)c4ccccc34)c2)cc1.c1ccc(-c2ccc(N(c3ccc(-c4ccc5ccccc5c4)cc3)c3ccc4ccc5ccccc5c4c3)c(-c3ccccc3)c2)cc1.c1ccc(-c2ccc(N(c3ccc4ccc5ccccc5c4c3)c3ccc(-c4ccccc4)c4ccccc34)cc2)cc1. The van der Waals surface area contributed by atoms with Crippen molar-refractivity contribution in [2.45, 2.75) is 0 Å².